The predicted octanol–water partition coefficient (Wildman–Crippen LogP) is 2.96. The number of benzene rings is 2. The van der Waals surface area contributed by atoms with Crippen LogP contribution in [0.15, 0.2) is 47.4 Å². The molecule has 6 heteroatoms. The van der Waals surface area contributed by atoms with E-state index in [2.05, 4.69) is 16.2 Å². The third kappa shape index (κ3) is 6.15. The van der Waals surface area contributed by atoms with E-state index in [0.29, 0.717) is 0 Å². The van der Waals surface area contributed by atoms with E-state index < -0.39 is 0 Å². The van der Waals surface area contributed by atoms with Crippen molar-refractivity contribution in [2.24, 2.45) is 0 Å². The molecule has 0 atom stereocenters. The summed E-state index contributed by atoms with van der Waals surface area (Å²) in [5.74, 6) is -0.294. The summed E-state index contributed by atoms with van der Waals surface area (Å²) in [4.78, 5) is 24.7. The van der Waals surface area contributed by atoms with Crippen LogP contribution in [0.1, 0.15) is 16.7 Å². The Bertz CT molecular complexity index is 762. The number of hydrogen-bond donors (Lipinski definition) is 3. The second kappa shape index (κ2) is 9.13. The highest BCUT2D eigenvalue weighted by atomic mass is 32.2. The molecule has 0 fully saturated rings. The quantitative estimate of drug-likeness (QED) is 0.549. The van der Waals surface area contributed by atoms with Crippen LogP contribution in [0.25, 0.3) is 0 Å². The first-order valence-corrected chi connectivity index (χ1v) is 9.01. The SMILES string of the molecule is Cc1ccc(NCC(=O)NNC(=O)CSc2ccccc2C)c(C)c1. The van der Waals surface area contributed by atoms with Crippen molar-refractivity contribution in [3.8, 4) is 0 Å². The van der Waals surface area contributed by atoms with Crippen molar-refractivity contribution >= 4 is 29.3 Å². The Morgan fingerprint density at radius 1 is 0.920 bits per heavy atom. The number of aryl methyl sites for hydroxylation is 3. The van der Waals surface area contributed by atoms with Gasteiger partial charge in [0.1, 0.15) is 0 Å². The molecule has 0 spiro atoms. The van der Waals surface area contributed by atoms with E-state index in [9.17, 15) is 9.59 Å². The highest BCUT2D eigenvalue weighted by molar-refractivity contribution is 8.00. The lowest BCUT2D eigenvalue weighted by molar-refractivity contribution is -0.126. The van der Waals surface area contributed by atoms with Crippen molar-refractivity contribution < 1.29 is 9.59 Å². The van der Waals surface area contributed by atoms with Gasteiger partial charge in [-0.25, -0.2) is 0 Å². The molecule has 0 aromatic heterocycles. The Morgan fingerprint density at radius 3 is 2.36 bits per heavy atom. The van der Waals surface area contributed by atoms with Gasteiger partial charge in [0.15, 0.2) is 0 Å². The molecule has 0 aliphatic rings. The van der Waals surface area contributed by atoms with Crippen molar-refractivity contribution in [3.63, 3.8) is 0 Å². The van der Waals surface area contributed by atoms with Crippen LogP contribution in [0.2, 0.25) is 0 Å². The summed E-state index contributed by atoms with van der Waals surface area (Å²) in [5, 5.41) is 3.06. The molecule has 2 aromatic carbocycles. The van der Waals surface area contributed by atoms with Gasteiger partial charge in [0.05, 0.1) is 12.3 Å². The molecule has 0 bridgehead atoms. The largest absolute Gasteiger partial charge is 0.376 e. The van der Waals surface area contributed by atoms with Gasteiger partial charge < -0.3 is 5.32 Å². The first kappa shape index (κ1) is 18.9. The Hall–Kier alpha value is -2.47. The van der Waals surface area contributed by atoms with Crippen molar-refractivity contribution in [1.29, 1.82) is 0 Å². The second-order valence-corrected chi connectivity index (χ2v) is 6.84. The lowest BCUT2D eigenvalue weighted by Crippen LogP contribution is -2.44. The van der Waals surface area contributed by atoms with E-state index in [1.807, 2.05) is 63.2 Å². The van der Waals surface area contributed by atoms with Crippen molar-refractivity contribution in [2.75, 3.05) is 17.6 Å². The van der Waals surface area contributed by atoms with Gasteiger partial charge in [0.2, 0.25) is 5.91 Å². The van der Waals surface area contributed by atoms with Crippen molar-refractivity contribution in [1.82, 2.24) is 10.9 Å². The maximum atomic E-state index is 11.8. The molecule has 2 rings (SSSR count). The number of hydrogen-bond acceptors (Lipinski definition) is 4. The van der Waals surface area contributed by atoms with Crippen LogP contribution >= 0.6 is 11.8 Å². The molecule has 0 saturated heterocycles. The van der Waals surface area contributed by atoms with Gasteiger partial charge in [-0.1, -0.05) is 35.9 Å². The normalized spacial score (nSPS) is 10.2. The Kier molecular flexibility index (Phi) is 6.89. The fourth-order valence-electron chi connectivity index (χ4n) is 2.27. The van der Waals surface area contributed by atoms with Crippen LogP contribution in [-0.2, 0) is 9.59 Å². The van der Waals surface area contributed by atoms with Crippen molar-refractivity contribution in [3.05, 3.63) is 59.2 Å². The molecule has 0 unspecified atom stereocenters. The highest BCUT2D eigenvalue weighted by Crippen LogP contribution is 2.21. The summed E-state index contributed by atoms with van der Waals surface area (Å²) in [6, 6.07) is 13.8. The molecule has 0 aliphatic heterocycles. The molecule has 0 heterocycles. The zero-order valence-corrected chi connectivity index (χ0v) is 15.5. The Labute approximate surface area is 152 Å². The predicted molar refractivity (Wildman–Crippen MR) is 103 cm³/mol. The van der Waals surface area contributed by atoms with Crippen LogP contribution in [0.5, 0.6) is 0 Å². The number of carbonyl (C=O) groups is 2. The molecule has 0 aliphatic carbocycles. The van der Waals surface area contributed by atoms with Gasteiger partial charge >= 0.3 is 0 Å². The third-order valence-corrected chi connectivity index (χ3v) is 4.79. The number of anilines is 1. The first-order chi connectivity index (χ1) is 12.0. The molecule has 5 nitrogen and oxygen atoms in total. The molecule has 2 aromatic rings. The summed E-state index contributed by atoms with van der Waals surface area (Å²) in [6.45, 7) is 6.10. The molecule has 25 heavy (non-hydrogen) atoms. The summed E-state index contributed by atoms with van der Waals surface area (Å²) >= 11 is 1.44. The van der Waals surface area contributed by atoms with E-state index in [4.69, 9.17) is 0 Å². The average Bonchev–Trinajstić information content (AvgIpc) is 2.58. The summed E-state index contributed by atoms with van der Waals surface area (Å²) < 4.78 is 0. The Morgan fingerprint density at radius 2 is 1.64 bits per heavy atom. The smallest absolute Gasteiger partial charge is 0.257 e. The zero-order valence-electron chi connectivity index (χ0n) is 14.7. The number of rotatable bonds is 6. The summed E-state index contributed by atoms with van der Waals surface area (Å²) in [5.41, 5.74) is 9.13. The molecule has 3 N–H and O–H groups in total. The maximum Gasteiger partial charge on any atom is 0.257 e. The standard InChI is InChI=1S/C19H23N3O2S/c1-13-8-9-16(15(3)10-13)20-11-18(23)21-22-19(24)12-25-17-7-5-4-6-14(17)2/h4-10,20H,11-12H2,1-3H3,(H,21,23)(H,22,24). The lowest BCUT2D eigenvalue weighted by atomic mass is 10.1. The van der Waals surface area contributed by atoms with Gasteiger partial charge in [-0.05, 0) is 44.0 Å². The summed E-state index contributed by atoms with van der Waals surface area (Å²) in [7, 11) is 0. The summed E-state index contributed by atoms with van der Waals surface area (Å²) in [6.07, 6.45) is 0. The molecule has 0 saturated carbocycles. The van der Waals surface area contributed by atoms with Gasteiger partial charge in [-0.15, -0.1) is 11.8 Å². The van der Waals surface area contributed by atoms with Crippen LogP contribution in [0.4, 0.5) is 5.69 Å². The van der Waals surface area contributed by atoms with Crippen LogP contribution in [0, 0.1) is 20.8 Å². The van der Waals surface area contributed by atoms with E-state index in [-0.39, 0.29) is 24.1 Å². The van der Waals surface area contributed by atoms with Crippen LogP contribution in [0.3, 0.4) is 0 Å². The number of thioether (sulfide) groups is 1. The molecule has 132 valence electrons. The molecular formula is C19H23N3O2S. The van der Waals surface area contributed by atoms with Gasteiger partial charge in [0, 0.05) is 10.6 Å². The average molecular weight is 357 g/mol. The van der Waals surface area contributed by atoms with Crippen molar-refractivity contribution in [2.45, 2.75) is 25.7 Å². The van der Waals surface area contributed by atoms with E-state index in [1.54, 1.807) is 0 Å². The third-order valence-electron chi connectivity index (χ3n) is 3.62. The lowest BCUT2D eigenvalue weighted by Gasteiger charge is -2.11. The number of carbonyl (C=O) groups excluding carboxylic acids is 2. The minimum atomic E-state index is -0.297. The molecule has 0 radical (unpaired) electrons. The molecule has 2 amide bonds. The number of amides is 2. The molecular weight excluding hydrogens is 334 g/mol. The number of nitrogens with one attached hydrogen (secondary N) is 3. The fraction of sp³-hybridized carbons (Fsp3) is 0.263. The van der Waals surface area contributed by atoms with E-state index in [0.717, 1.165) is 21.7 Å². The minimum absolute atomic E-state index is 0.0924. The van der Waals surface area contributed by atoms with E-state index >= 15 is 0 Å². The fourth-order valence-corrected chi connectivity index (χ4v) is 3.10. The van der Waals surface area contributed by atoms with Crippen LogP contribution in [-0.4, -0.2) is 24.1 Å². The van der Waals surface area contributed by atoms with Crippen LogP contribution < -0.4 is 16.2 Å². The highest BCUT2D eigenvalue weighted by Gasteiger charge is 2.07. The van der Waals surface area contributed by atoms with Gasteiger partial charge in [-0.2, -0.15) is 0 Å². The first-order valence-electron chi connectivity index (χ1n) is 8.03. The topological polar surface area (TPSA) is 70.2 Å². The monoisotopic (exact) mass is 357 g/mol. The van der Waals surface area contributed by atoms with Gasteiger partial charge in [0.25, 0.3) is 5.91 Å². The zero-order chi connectivity index (χ0) is 18.2. The Balaban J connectivity index is 1.70. The second-order valence-electron chi connectivity index (χ2n) is 5.82. The number of hydrazine groups is 1. The van der Waals surface area contributed by atoms with E-state index in [1.165, 1.54) is 17.3 Å². The maximum absolute atomic E-state index is 11.8. The van der Waals surface area contributed by atoms with Gasteiger partial charge in [-0.3, -0.25) is 20.4 Å². The minimum Gasteiger partial charge on any atom is -0.376 e.